The number of benzene rings is 1. The van der Waals surface area contributed by atoms with Crippen LogP contribution in [-0.2, 0) is 0 Å². The molecule has 0 aromatic heterocycles. The fourth-order valence-electron chi connectivity index (χ4n) is 2.45. The standard InChI is InChI=1S/C16H22FNO/c1-12(18-11-13-6-4-3-5-7-13)14-8-9-15(17)16(10-14)19-2/h3-4,8-10,12-13,18H,5-7,11H2,1-2H3. The van der Waals surface area contributed by atoms with E-state index in [2.05, 4.69) is 24.4 Å². The smallest absolute Gasteiger partial charge is 0.165 e. The van der Waals surface area contributed by atoms with Gasteiger partial charge in [0.25, 0.3) is 0 Å². The van der Waals surface area contributed by atoms with Crippen LogP contribution in [-0.4, -0.2) is 13.7 Å². The molecule has 104 valence electrons. The number of halogens is 1. The Balaban J connectivity index is 1.91. The fourth-order valence-corrected chi connectivity index (χ4v) is 2.45. The summed E-state index contributed by atoms with van der Waals surface area (Å²) in [6, 6.07) is 5.26. The lowest BCUT2D eigenvalue weighted by Crippen LogP contribution is -2.26. The summed E-state index contributed by atoms with van der Waals surface area (Å²) in [5, 5.41) is 3.53. The number of nitrogens with one attached hydrogen (secondary N) is 1. The lowest BCUT2D eigenvalue weighted by Gasteiger charge is -2.22. The van der Waals surface area contributed by atoms with Gasteiger partial charge in [-0.2, -0.15) is 0 Å². The van der Waals surface area contributed by atoms with Crippen molar-refractivity contribution >= 4 is 0 Å². The molecule has 3 heteroatoms. The Morgan fingerprint density at radius 2 is 2.26 bits per heavy atom. The average molecular weight is 263 g/mol. The van der Waals surface area contributed by atoms with Crippen LogP contribution >= 0.6 is 0 Å². The van der Waals surface area contributed by atoms with Gasteiger partial charge >= 0.3 is 0 Å². The molecule has 0 radical (unpaired) electrons. The van der Waals surface area contributed by atoms with Crippen LogP contribution in [0.25, 0.3) is 0 Å². The van der Waals surface area contributed by atoms with Gasteiger partial charge in [0.2, 0.25) is 0 Å². The van der Waals surface area contributed by atoms with E-state index >= 15 is 0 Å². The summed E-state index contributed by atoms with van der Waals surface area (Å²) in [6.45, 7) is 3.11. The molecule has 0 saturated heterocycles. The van der Waals surface area contributed by atoms with E-state index in [0.29, 0.717) is 5.75 Å². The van der Waals surface area contributed by atoms with Gasteiger partial charge in [-0.1, -0.05) is 18.2 Å². The molecule has 2 rings (SSSR count). The summed E-state index contributed by atoms with van der Waals surface area (Å²) in [4.78, 5) is 0. The van der Waals surface area contributed by atoms with E-state index in [0.717, 1.165) is 24.4 Å². The second-order valence-electron chi connectivity index (χ2n) is 5.17. The number of ether oxygens (including phenoxy) is 1. The van der Waals surface area contributed by atoms with Gasteiger partial charge in [-0.05, 0) is 56.3 Å². The first-order valence-electron chi connectivity index (χ1n) is 6.92. The van der Waals surface area contributed by atoms with Crippen LogP contribution in [0.4, 0.5) is 4.39 Å². The maximum absolute atomic E-state index is 13.4. The molecule has 0 bridgehead atoms. The van der Waals surface area contributed by atoms with E-state index in [1.807, 2.05) is 6.07 Å². The summed E-state index contributed by atoms with van der Waals surface area (Å²) in [6.07, 6.45) is 8.12. The van der Waals surface area contributed by atoms with Crippen LogP contribution in [0.15, 0.2) is 30.4 Å². The van der Waals surface area contributed by atoms with Crippen LogP contribution in [0.5, 0.6) is 5.75 Å². The summed E-state index contributed by atoms with van der Waals surface area (Å²) in [7, 11) is 1.49. The van der Waals surface area contributed by atoms with Crippen LogP contribution < -0.4 is 10.1 Å². The van der Waals surface area contributed by atoms with Gasteiger partial charge in [-0.25, -0.2) is 4.39 Å². The Morgan fingerprint density at radius 3 is 2.95 bits per heavy atom. The van der Waals surface area contributed by atoms with Crippen molar-refractivity contribution in [1.29, 1.82) is 0 Å². The van der Waals surface area contributed by atoms with Gasteiger partial charge in [-0.3, -0.25) is 0 Å². The highest BCUT2D eigenvalue weighted by Gasteiger charge is 2.13. The molecular weight excluding hydrogens is 241 g/mol. The van der Waals surface area contributed by atoms with Crippen molar-refractivity contribution < 1.29 is 9.13 Å². The van der Waals surface area contributed by atoms with Crippen molar-refractivity contribution in [1.82, 2.24) is 5.32 Å². The molecule has 0 saturated carbocycles. The zero-order chi connectivity index (χ0) is 13.7. The summed E-state index contributed by atoms with van der Waals surface area (Å²) < 4.78 is 18.4. The van der Waals surface area contributed by atoms with E-state index in [9.17, 15) is 4.39 Å². The minimum absolute atomic E-state index is 0.209. The first-order valence-corrected chi connectivity index (χ1v) is 6.92. The molecule has 2 unspecified atom stereocenters. The number of hydrogen-bond acceptors (Lipinski definition) is 2. The number of rotatable bonds is 5. The van der Waals surface area contributed by atoms with Crippen LogP contribution in [0.3, 0.4) is 0 Å². The molecular formula is C16H22FNO. The third-order valence-electron chi connectivity index (χ3n) is 3.77. The summed E-state index contributed by atoms with van der Waals surface area (Å²) >= 11 is 0. The number of allylic oxidation sites excluding steroid dienone is 2. The zero-order valence-corrected chi connectivity index (χ0v) is 11.7. The summed E-state index contributed by atoms with van der Waals surface area (Å²) in [5.41, 5.74) is 1.06. The normalized spacial score (nSPS) is 20.3. The summed E-state index contributed by atoms with van der Waals surface area (Å²) in [5.74, 6) is 0.720. The molecule has 0 spiro atoms. The SMILES string of the molecule is COc1cc(C(C)NCC2CC=CCC2)ccc1F. The third kappa shape index (κ3) is 3.80. The van der Waals surface area contributed by atoms with Gasteiger partial charge in [0.15, 0.2) is 11.6 Å². The zero-order valence-electron chi connectivity index (χ0n) is 11.7. The Kier molecular flexibility index (Phi) is 4.97. The topological polar surface area (TPSA) is 21.3 Å². The Hall–Kier alpha value is -1.35. The first-order chi connectivity index (χ1) is 9.20. The highest BCUT2D eigenvalue weighted by molar-refractivity contribution is 5.31. The van der Waals surface area contributed by atoms with Crippen molar-refractivity contribution in [2.24, 2.45) is 5.92 Å². The largest absolute Gasteiger partial charge is 0.494 e. The van der Waals surface area contributed by atoms with Crippen molar-refractivity contribution in [3.05, 3.63) is 41.7 Å². The molecule has 1 aromatic rings. The molecule has 0 aliphatic heterocycles. The third-order valence-corrected chi connectivity index (χ3v) is 3.77. The number of hydrogen-bond donors (Lipinski definition) is 1. The highest BCUT2D eigenvalue weighted by atomic mass is 19.1. The molecule has 1 aromatic carbocycles. The second kappa shape index (κ2) is 6.71. The lowest BCUT2D eigenvalue weighted by atomic mass is 9.94. The minimum Gasteiger partial charge on any atom is -0.494 e. The molecule has 0 fully saturated rings. The molecule has 1 aliphatic carbocycles. The molecule has 19 heavy (non-hydrogen) atoms. The second-order valence-corrected chi connectivity index (χ2v) is 5.17. The monoisotopic (exact) mass is 263 g/mol. The van der Waals surface area contributed by atoms with Crippen LogP contribution in [0.2, 0.25) is 0 Å². The van der Waals surface area contributed by atoms with Crippen molar-refractivity contribution in [3.8, 4) is 5.75 Å². The van der Waals surface area contributed by atoms with Gasteiger partial charge in [-0.15, -0.1) is 0 Å². The Morgan fingerprint density at radius 1 is 1.42 bits per heavy atom. The molecule has 1 aliphatic rings. The molecule has 0 amide bonds. The predicted molar refractivity (Wildman–Crippen MR) is 75.9 cm³/mol. The maximum Gasteiger partial charge on any atom is 0.165 e. The van der Waals surface area contributed by atoms with Gasteiger partial charge in [0, 0.05) is 6.04 Å². The molecule has 0 heterocycles. The minimum atomic E-state index is -0.309. The lowest BCUT2D eigenvalue weighted by molar-refractivity contribution is 0.383. The van der Waals surface area contributed by atoms with Gasteiger partial charge < -0.3 is 10.1 Å². The average Bonchev–Trinajstić information content (AvgIpc) is 2.46. The Bertz CT molecular complexity index is 444. The first kappa shape index (κ1) is 14.1. The van der Waals surface area contributed by atoms with E-state index in [-0.39, 0.29) is 11.9 Å². The van der Waals surface area contributed by atoms with E-state index in [4.69, 9.17) is 4.74 Å². The van der Waals surface area contributed by atoms with E-state index < -0.39 is 0 Å². The maximum atomic E-state index is 13.4. The fraction of sp³-hybridized carbons (Fsp3) is 0.500. The van der Waals surface area contributed by atoms with Crippen molar-refractivity contribution in [2.75, 3.05) is 13.7 Å². The number of methoxy groups -OCH3 is 1. The van der Waals surface area contributed by atoms with Gasteiger partial charge in [0.1, 0.15) is 0 Å². The van der Waals surface area contributed by atoms with Crippen LogP contribution in [0.1, 0.15) is 37.8 Å². The Labute approximate surface area is 114 Å². The molecule has 1 N–H and O–H groups in total. The van der Waals surface area contributed by atoms with Crippen LogP contribution in [0, 0.1) is 11.7 Å². The molecule has 2 atom stereocenters. The quantitative estimate of drug-likeness (QED) is 0.815. The van der Waals surface area contributed by atoms with Crippen molar-refractivity contribution in [2.45, 2.75) is 32.2 Å². The van der Waals surface area contributed by atoms with Gasteiger partial charge in [0.05, 0.1) is 7.11 Å². The van der Waals surface area contributed by atoms with E-state index in [1.165, 1.54) is 26.0 Å². The van der Waals surface area contributed by atoms with Crippen molar-refractivity contribution in [3.63, 3.8) is 0 Å². The predicted octanol–water partition coefficient (Wildman–Crippen LogP) is 3.84. The molecule has 2 nitrogen and oxygen atoms in total. The highest BCUT2D eigenvalue weighted by Crippen LogP contribution is 2.23. The van der Waals surface area contributed by atoms with E-state index in [1.54, 1.807) is 6.07 Å².